The van der Waals surface area contributed by atoms with E-state index in [0.29, 0.717) is 18.7 Å². The molecule has 1 amide bonds. The summed E-state index contributed by atoms with van der Waals surface area (Å²) in [6.45, 7) is 6.63. The van der Waals surface area contributed by atoms with E-state index in [1.807, 2.05) is 32.9 Å². The summed E-state index contributed by atoms with van der Waals surface area (Å²) in [6.07, 6.45) is 1.59. The summed E-state index contributed by atoms with van der Waals surface area (Å²) in [5.41, 5.74) is 2.08. The largest absolute Gasteiger partial charge is 0.457 e. The highest BCUT2D eigenvalue weighted by atomic mass is 16.6. The van der Waals surface area contributed by atoms with E-state index in [1.54, 1.807) is 11.0 Å². The summed E-state index contributed by atoms with van der Waals surface area (Å²) >= 11 is 0. The van der Waals surface area contributed by atoms with Gasteiger partial charge in [-0.1, -0.05) is 6.07 Å². The van der Waals surface area contributed by atoms with Crippen molar-refractivity contribution in [2.75, 3.05) is 6.54 Å². The van der Waals surface area contributed by atoms with Gasteiger partial charge in [-0.05, 0) is 51.3 Å². The third-order valence-electron chi connectivity index (χ3n) is 3.97. The maximum absolute atomic E-state index is 12.4. The van der Waals surface area contributed by atoms with Crippen molar-refractivity contribution in [2.45, 2.75) is 51.9 Å². The number of ether oxygens (including phenoxy) is 2. The molecule has 0 radical (unpaired) electrons. The van der Waals surface area contributed by atoms with E-state index in [1.165, 1.54) is 0 Å². The van der Waals surface area contributed by atoms with Crippen LogP contribution in [0.5, 0.6) is 0 Å². The monoisotopic (exact) mass is 303 g/mol. The zero-order valence-corrected chi connectivity index (χ0v) is 13.2. The number of carbonyl (C=O) groups is 2. The average Bonchev–Trinajstić information content (AvgIpc) is 3.04. The molecule has 0 aromatic heterocycles. The molecule has 0 aliphatic carbocycles. The molecule has 1 saturated heterocycles. The van der Waals surface area contributed by atoms with Gasteiger partial charge in [0.15, 0.2) is 0 Å². The molecule has 5 heteroatoms. The Morgan fingerprint density at radius 3 is 2.86 bits per heavy atom. The van der Waals surface area contributed by atoms with Gasteiger partial charge in [-0.25, -0.2) is 9.59 Å². The summed E-state index contributed by atoms with van der Waals surface area (Å²) in [6, 6.07) is 5.70. The first-order valence-electron chi connectivity index (χ1n) is 7.65. The third kappa shape index (κ3) is 2.80. The van der Waals surface area contributed by atoms with Crippen LogP contribution in [0.1, 0.15) is 61.1 Å². The van der Waals surface area contributed by atoms with Crippen LogP contribution >= 0.6 is 0 Å². The van der Waals surface area contributed by atoms with Crippen molar-refractivity contribution in [1.29, 1.82) is 0 Å². The number of rotatable bonds is 1. The van der Waals surface area contributed by atoms with Crippen LogP contribution in [0.25, 0.3) is 0 Å². The highest BCUT2D eigenvalue weighted by molar-refractivity contribution is 5.93. The van der Waals surface area contributed by atoms with E-state index < -0.39 is 5.60 Å². The van der Waals surface area contributed by atoms with Gasteiger partial charge in [0, 0.05) is 12.1 Å². The van der Waals surface area contributed by atoms with Gasteiger partial charge in [-0.2, -0.15) is 0 Å². The zero-order chi connectivity index (χ0) is 15.9. The molecule has 1 unspecified atom stereocenters. The molecule has 2 aliphatic heterocycles. The lowest BCUT2D eigenvalue weighted by Gasteiger charge is -2.29. The Balaban J connectivity index is 1.82. The van der Waals surface area contributed by atoms with Crippen molar-refractivity contribution in [1.82, 2.24) is 4.90 Å². The summed E-state index contributed by atoms with van der Waals surface area (Å²) in [4.78, 5) is 25.7. The minimum absolute atomic E-state index is 0.0100. The Morgan fingerprint density at radius 2 is 2.14 bits per heavy atom. The summed E-state index contributed by atoms with van der Waals surface area (Å²) in [5, 5.41) is 0. The smallest absolute Gasteiger partial charge is 0.410 e. The maximum atomic E-state index is 12.4. The van der Waals surface area contributed by atoms with Crippen molar-refractivity contribution in [3.63, 3.8) is 0 Å². The lowest BCUT2D eigenvalue weighted by Crippen LogP contribution is -2.36. The first-order valence-corrected chi connectivity index (χ1v) is 7.65. The Kier molecular flexibility index (Phi) is 3.59. The zero-order valence-electron chi connectivity index (χ0n) is 13.2. The quantitative estimate of drug-likeness (QED) is 0.746. The fraction of sp³-hybridized carbons (Fsp3) is 0.529. The fourth-order valence-corrected chi connectivity index (χ4v) is 3.01. The second kappa shape index (κ2) is 5.30. The van der Waals surface area contributed by atoms with E-state index in [0.717, 1.165) is 24.0 Å². The average molecular weight is 303 g/mol. The van der Waals surface area contributed by atoms with Crippen molar-refractivity contribution in [3.05, 3.63) is 34.9 Å². The van der Waals surface area contributed by atoms with Gasteiger partial charge >= 0.3 is 12.1 Å². The van der Waals surface area contributed by atoms with Crippen molar-refractivity contribution >= 4 is 12.1 Å². The van der Waals surface area contributed by atoms with Gasteiger partial charge in [-0.3, -0.25) is 0 Å². The van der Waals surface area contributed by atoms with Gasteiger partial charge in [0.05, 0.1) is 11.6 Å². The van der Waals surface area contributed by atoms with Crippen molar-refractivity contribution in [3.8, 4) is 0 Å². The lowest BCUT2D eigenvalue weighted by atomic mass is 9.99. The van der Waals surface area contributed by atoms with E-state index in [-0.39, 0.29) is 18.1 Å². The molecule has 5 nitrogen and oxygen atoms in total. The van der Waals surface area contributed by atoms with Gasteiger partial charge < -0.3 is 14.4 Å². The number of carbonyl (C=O) groups excluding carboxylic acids is 2. The van der Waals surface area contributed by atoms with Gasteiger partial charge in [0.1, 0.15) is 12.2 Å². The lowest BCUT2D eigenvalue weighted by molar-refractivity contribution is 0.0224. The van der Waals surface area contributed by atoms with Crippen molar-refractivity contribution in [2.24, 2.45) is 0 Å². The number of hydrogen-bond donors (Lipinski definition) is 0. The number of esters is 1. The van der Waals surface area contributed by atoms with Crippen LogP contribution in [0.2, 0.25) is 0 Å². The van der Waals surface area contributed by atoms with Crippen LogP contribution in [0.3, 0.4) is 0 Å². The first kappa shape index (κ1) is 14.9. The third-order valence-corrected chi connectivity index (χ3v) is 3.97. The van der Waals surface area contributed by atoms with E-state index in [4.69, 9.17) is 9.47 Å². The molecule has 0 bridgehead atoms. The van der Waals surface area contributed by atoms with E-state index in [2.05, 4.69) is 0 Å². The molecule has 2 aliphatic rings. The minimum Gasteiger partial charge on any atom is -0.457 e. The van der Waals surface area contributed by atoms with E-state index in [9.17, 15) is 9.59 Å². The van der Waals surface area contributed by atoms with Gasteiger partial charge in [0.2, 0.25) is 0 Å². The predicted molar refractivity (Wildman–Crippen MR) is 80.5 cm³/mol. The van der Waals surface area contributed by atoms with Crippen LogP contribution in [0.15, 0.2) is 18.2 Å². The SMILES string of the molecule is CC(C)(C)OC(=O)N1CCCC1c1ccc2c(c1)COC2=O. The molecule has 22 heavy (non-hydrogen) atoms. The molecule has 1 atom stereocenters. The van der Waals surface area contributed by atoms with Crippen LogP contribution < -0.4 is 0 Å². The number of hydrogen-bond acceptors (Lipinski definition) is 4. The fourth-order valence-electron chi connectivity index (χ4n) is 3.01. The normalized spacial score (nSPS) is 20.8. The number of benzene rings is 1. The first-order chi connectivity index (χ1) is 10.3. The van der Waals surface area contributed by atoms with Gasteiger partial charge in [-0.15, -0.1) is 0 Å². The number of nitrogens with zero attached hydrogens (tertiary/aromatic N) is 1. The van der Waals surface area contributed by atoms with E-state index >= 15 is 0 Å². The maximum Gasteiger partial charge on any atom is 0.410 e. The predicted octanol–water partition coefficient (Wildman–Crippen LogP) is 3.43. The number of amides is 1. The summed E-state index contributed by atoms with van der Waals surface area (Å²) in [5.74, 6) is -0.267. The number of fused-ring (bicyclic) bond motifs is 1. The number of likely N-dealkylation sites (tertiary alicyclic amines) is 1. The highest BCUT2D eigenvalue weighted by Crippen LogP contribution is 2.35. The molecular weight excluding hydrogens is 282 g/mol. The van der Waals surface area contributed by atoms with Crippen molar-refractivity contribution < 1.29 is 19.1 Å². The van der Waals surface area contributed by atoms with Crippen LogP contribution in [0.4, 0.5) is 4.79 Å². The topological polar surface area (TPSA) is 55.8 Å². The molecular formula is C17H21NO4. The second-order valence-electron chi connectivity index (χ2n) is 6.82. The Bertz CT molecular complexity index is 618. The molecule has 2 heterocycles. The molecule has 118 valence electrons. The Labute approximate surface area is 130 Å². The molecule has 1 fully saturated rings. The summed E-state index contributed by atoms with van der Waals surface area (Å²) in [7, 11) is 0. The molecule has 0 saturated carbocycles. The highest BCUT2D eigenvalue weighted by Gasteiger charge is 2.34. The Morgan fingerprint density at radius 1 is 1.36 bits per heavy atom. The molecule has 1 aromatic rings. The van der Waals surface area contributed by atoms with Crippen LogP contribution in [0, 0.1) is 0 Å². The second-order valence-corrected chi connectivity index (χ2v) is 6.82. The minimum atomic E-state index is -0.498. The Hall–Kier alpha value is -2.04. The molecule has 3 rings (SSSR count). The molecule has 0 N–H and O–H groups in total. The standard InChI is InChI=1S/C17H21NO4/c1-17(2,3)22-16(20)18-8-4-5-14(18)11-6-7-13-12(9-11)10-21-15(13)19/h6-7,9,14H,4-5,8,10H2,1-3H3. The number of cyclic esters (lactones) is 1. The molecule has 0 spiro atoms. The van der Waals surface area contributed by atoms with Gasteiger partial charge in [0.25, 0.3) is 0 Å². The molecule has 1 aromatic carbocycles. The van der Waals surface area contributed by atoms with Crippen LogP contribution in [-0.4, -0.2) is 29.1 Å². The van der Waals surface area contributed by atoms with Crippen LogP contribution in [-0.2, 0) is 16.1 Å². The summed E-state index contributed by atoms with van der Waals surface area (Å²) < 4.78 is 10.5.